The van der Waals surface area contributed by atoms with Gasteiger partial charge in [0, 0.05) is 11.8 Å². The van der Waals surface area contributed by atoms with Crippen LogP contribution in [-0.2, 0) is 0 Å². The predicted octanol–water partition coefficient (Wildman–Crippen LogP) is 2.69. The molecule has 1 aromatic carbocycles. The number of benzene rings is 1. The lowest BCUT2D eigenvalue weighted by atomic mass is 10.0. The van der Waals surface area contributed by atoms with Crippen molar-refractivity contribution in [2.75, 3.05) is 11.1 Å². The number of carboxylic acid groups (broad SMARTS) is 1. The Morgan fingerprint density at radius 2 is 2.03 bits per heavy atom. The zero-order chi connectivity index (χ0) is 23.7. The molecule has 3 aromatic heterocycles. The zero-order valence-corrected chi connectivity index (χ0v) is 17.6. The van der Waals surface area contributed by atoms with Crippen molar-refractivity contribution in [3.8, 4) is 23.4 Å². The molecule has 0 fully saturated rings. The highest BCUT2D eigenvalue weighted by molar-refractivity contribution is 5.91. The molecular formula is C22H17N9O2. The lowest BCUT2D eigenvalue weighted by Gasteiger charge is -2.16. The van der Waals surface area contributed by atoms with E-state index in [0.29, 0.717) is 22.6 Å². The van der Waals surface area contributed by atoms with Crippen LogP contribution in [-0.4, -0.2) is 35.6 Å². The number of carboxylic acids is 1. The van der Waals surface area contributed by atoms with Crippen molar-refractivity contribution in [2.45, 2.75) is 19.9 Å². The molecule has 11 heteroatoms. The number of carbonyl (C=O) groups is 1. The first-order valence-corrected chi connectivity index (χ1v) is 9.74. The van der Waals surface area contributed by atoms with Gasteiger partial charge in [0.25, 0.3) is 0 Å². The van der Waals surface area contributed by atoms with Gasteiger partial charge in [-0.1, -0.05) is 0 Å². The second kappa shape index (κ2) is 8.24. The van der Waals surface area contributed by atoms with E-state index in [-0.39, 0.29) is 28.3 Å². The van der Waals surface area contributed by atoms with Crippen LogP contribution in [0, 0.1) is 29.6 Å². The SMILES string of the molecule is Cc1ccn2nc(C(C)Nc3ncnc(N)c3C#N)nc(-c3cc(C#N)cc(C(=O)O)c3)c12. The fourth-order valence-corrected chi connectivity index (χ4v) is 3.42. The summed E-state index contributed by atoms with van der Waals surface area (Å²) in [6.45, 7) is 3.67. The number of nitrogens with zero attached hydrogens (tertiary/aromatic N) is 7. The third-order valence-corrected chi connectivity index (χ3v) is 5.04. The highest BCUT2D eigenvalue weighted by Crippen LogP contribution is 2.29. The molecule has 1 atom stereocenters. The van der Waals surface area contributed by atoms with Crippen molar-refractivity contribution in [1.29, 1.82) is 10.5 Å². The molecular weight excluding hydrogens is 422 g/mol. The minimum atomic E-state index is -1.15. The molecule has 4 aromatic rings. The van der Waals surface area contributed by atoms with Gasteiger partial charge < -0.3 is 16.2 Å². The number of aromatic nitrogens is 5. The summed E-state index contributed by atoms with van der Waals surface area (Å²) in [6.07, 6.45) is 3.01. The van der Waals surface area contributed by atoms with Crippen LogP contribution >= 0.6 is 0 Å². The predicted molar refractivity (Wildman–Crippen MR) is 118 cm³/mol. The number of nitrogens with two attached hydrogens (primary N) is 1. The Morgan fingerprint density at radius 3 is 2.73 bits per heavy atom. The van der Waals surface area contributed by atoms with Gasteiger partial charge in [0.1, 0.15) is 29.6 Å². The fourth-order valence-electron chi connectivity index (χ4n) is 3.42. The van der Waals surface area contributed by atoms with Gasteiger partial charge in [-0.2, -0.15) is 15.6 Å². The van der Waals surface area contributed by atoms with E-state index in [4.69, 9.17) is 10.7 Å². The molecule has 0 saturated heterocycles. The molecule has 4 rings (SSSR count). The molecule has 0 bridgehead atoms. The molecule has 0 spiro atoms. The van der Waals surface area contributed by atoms with E-state index in [1.54, 1.807) is 23.7 Å². The van der Waals surface area contributed by atoms with Crippen molar-refractivity contribution in [2.24, 2.45) is 0 Å². The molecule has 0 aliphatic rings. The molecule has 0 amide bonds. The van der Waals surface area contributed by atoms with Crippen molar-refractivity contribution in [1.82, 2.24) is 24.6 Å². The Labute approximate surface area is 187 Å². The molecule has 3 heterocycles. The van der Waals surface area contributed by atoms with Crippen molar-refractivity contribution in [3.63, 3.8) is 0 Å². The fraction of sp³-hybridized carbons (Fsp3) is 0.136. The van der Waals surface area contributed by atoms with E-state index in [9.17, 15) is 20.4 Å². The number of rotatable bonds is 5. The van der Waals surface area contributed by atoms with Crippen LogP contribution in [0.4, 0.5) is 11.6 Å². The maximum absolute atomic E-state index is 11.6. The van der Waals surface area contributed by atoms with E-state index in [1.165, 1.54) is 18.5 Å². The minimum Gasteiger partial charge on any atom is -0.478 e. The largest absolute Gasteiger partial charge is 0.478 e. The number of nitrogen functional groups attached to an aromatic ring is 1. The molecule has 162 valence electrons. The molecule has 0 saturated carbocycles. The Morgan fingerprint density at radius 1 is 1.24 bits per heavy atom. The van der Waals surface area contributed by atoms with Crippen LogP contribution in [0.1, 0.15) is 45.8 Å². The van der Waals surface area contributed by atoms with Gasteiger partial charge in [-0.25, -0.2) is 24.3 Å². The van der Waals surface area contributed by atoms with Gasteiger partial charge in [-0.3, -0.25) is 0 Å². The van der Waals surface area contributed by atoms with Gasteiger partial charge in [0.05, 0.1) is 34.4 Å². The van der Waals surface area contributed by atoms with E-state index >= 15 is 0 Å². The number of anilines is 2. The molecule has 11 nitrogen and oxygen atoms in total. The summed E-state index contributed by atoms with van der Waals surface area (Å²) >= 11 is 0. The Bertz CT molecular complexity index is 1490. The van der Waals surface area contributed by atoms with Gasteiger partial charge in [0.15, 0.2) is 5.82 Å². The lowest BCUT2D eigenvalue weighted by molar-refractivity contribution is 0.0697. The summed E-state index contributed by atoms with van der Waals surface area (Å²) < 4.78 is 1.64. The van der Waals surface area contributed by atoms with Gasteiger partial charge in [0.2, 0.25) is 0 Å². The Hall–Kier alpha value is -5.03. The summed E-state index contributed by atoms with van der Waals surface area (Å²) in [7, 11) is 0. The molecule has 33 heavy (non-hydrogen) atoms. The zero-order valence-electron chi connectivity index (χ0n) is 17.6. The highest BCUT2D eigenvalue weighted by Gasteiger charge is 2.20. The highest BCUT2D eigenvalue weighted by atomic mass is 16.4. The first kappa shape index (κ1) is 21.2. The van der Waals surface area contributed by atoms with Crippen molar-refractivity contribution < 1.29 is 9.90 Å². The number of nitrogens with one attached hydrogen (secondary N) is 1. The number of aryl methyl sites for hydroxylation is 1. The van der Waals surface area contributed by atoms with Crippen LogP contribution in [0.15, 0.2) is 36.8 Å². The third-order valence-electron chi connectivity index (χ3n) is 5.04. The average Bonchev–Trinajstić information content (AvgIpc) is 3.19. The maximum atomic E-state index is 11.6. The van der Waals surface area contributed by atoms with Crippen LogP contribution in [0.3, 0.4) is 0 Å². The topological polar surface area (TPSA) is 179 Å². The van der Waals surface area contributed by atoms with Gasteiger partial charge in [-0.05, 0) is 43.7 Å². The second-order valence-electron chi connectivity index (χ2n) is 7.29. The Balaban J connectivity index is 1.87. The number of hydrogen-bond acceptors (Lipinski definition) is 9. The molecule has 0 aliphatic carbocycles. The molecule has 0 aliphatic heterocycles. The summed E-state index contributed by atoms with van der Waals surface area (Å²) in [5, 5.41) is 35.9. The summed E-state index contributed by atoms with van der Waals surface area (Å²) in [4.78, 5) is 24.2. The number of nitriles is 2. The van der Waals surface area contributed by atoms with E-state index < -0.39 is 12.0 Å². The summed E-state index contributed by atoms with van der Waals surface area (Å²) in [5.41, 5.74) is 8.56. The maximum Gasteiger partial charge on any atom is 0.335 e. The molecule has 1 unspecified atom stereocenters. The normalized spacial score (nSPS) is 11.5. The minimum absolute atomic E-state index is 0.0205. The van der Waals surface area contributed by atoms with E-state index in [0.717, 1.165) is 5.56 Å². The smallest absolute Gasteiger partial charge is 0.335 e. The van der Waals surface area contributed by atoms with Crippen LogP contribution in [0.5, 0.6) is 0 Å². The monoisotopic (exact) mass is 439 g/mol. The quantitative estimate of drug-likeness (QED) is 0.418. The summed E-state index contributed by atoms with van der Waals surface area (Å²) in [6, 6.07) is 9.69. The molecule has 4 N–H and O–H groups in total. The standard InChI is InChI=1S/C22H17N9O2/c1-11-3-4-31-18(11)17(14-5-13(8-23)6-15(7-14)22(32)33)29-20(30-31)12(2)28-21-16(9-24)19(25)26-10-27-21/h3-7,10,12H,1-2H3,(H,32,33)(H3,25,26,27,28). The first-order valence-electron chi connectivity index (χ1n) is 9.74. The van der Waals surface area contributed by atoms with E-state index in [1.807, 2.05) is 25.1 Å². The molecule has 0 radical (unpaired) electrons. The van der Waals surface area contributed by atoms with Crippen LogP contribution in [0.2, 0.25) is 0 Å². The van der Waals surface area contributed by atoms with Crippen molar-refractivity contribution in [3.05, 3.63) is 64.9 Å². The number of aromatic carboxylic acids is 1. The number of hydrogen-bond donors (Lipinski definition) is 3. The van der Waals surface area contributed by atoms with Gasteiger partial charge >= 0.3 is 5.97 Å². The van der Waals surface area contributed by atoms with Crippen LogP contribution in [0.25, 0.3) is 16.8 Å². The van der Waals surface area contributed by atoms with Gasteiger partial charge in [-0.15, -0.1) is 0 Å². The number of fused-ring (bicyclic) bond motifs is 1. The van der Waals surface area contributed by atoms with Crippen LogP contribution < -0.4 is 11.1 Å². The van der Waals surface area contributed by atoms with E-state index in [2.05, 4.69) is 20.4 Å². The van der Waals surface area contributed by atoms with Crippen molar-refractivity contribution >= 4 is 23.1 Å². The first-order chi connectivity index (χ1) is 15.8. The second-order valence-corrected chi connectivity index (χ2v) is 7.29. The average molecular weight is 439 g/mol. The lowest BCUT2D eigenvalue weighted by Crippen LogP contribution is -2.16. The summed E-state index contributed by atoms with van der Waals surface area (Å²) in [5.74, 6) is -0.500. The third kappa shape index (κ3) is 3.86. The Kier molecular flexibility index (Phi) is 5.30.